The maximum Gasteiger partial charge on any atom is 0.189 e. The number of hydrogen-bond donors (Lipinski definition) is 3. The van der Waals surface area contributed by atoms with Crippen LogP contribution in [-0.2, 0) is 6.54 Å². The van der Waals surface area contributed by atoms with E-state index in [-0.39, 0.29) is 5.75 Å². The molecule has 20 heavy (non-hydrogen) atoms. The van der Waals surface area contributed by atoms with Gasteiger partial charge in [-0.3, -0.25) is 0 Å². The Kier molecular flexibility index (Phi) is 6.91. The Labute approximate surface area is 122 Å². The zero-order chi connectivity index (χ0) is 15.0. The van der Waals surface area contributed by atoms with Gasteiger partial charge in [-0.2, -0.15) is 0 Å². The van der Waals surface area contributed by atoms with Gasteiger partial charge in [-0.15, -0.1) is 0 Å². The van der Waals surface area contributed by atoms with Crippen LogP contribution in [0.4, 0.5) is 0 Å². The number of rotatable bonds is 7. The smallest absolute Gasteiger partial charge is 0.189 e. The molecule has 0 heterocycles. The van der Waals surface area contributed by atoms with E-state index in [9.17, 15) is 5.11 Å². The number of phenolic OH excluding ortho intramolecular Hbond substituents is 1. The second-order valence-corrected chi connectivity index (χ2v) is 5.74. The third-order valence-electron chi connectivity index (χ3n) is 3.18. The zero-order valence-electron chi connectivity index (χ0n) is 12.8. The van der Waals surface area contributed by atoms with E-state index in [0.29, 0.717) is 18.5 Å². The van der Waals surface area contributed by atoms with Crippen molar-refractivity contribution in [3.63, 3.8) is 0 Å². The highest BCUT2D eigenvalue weighted by molar-refractivity contribution is 5.78. The normalized spacial score (nSPS) is 13.5. The van der Waals surface area contributed by atoms with Crippen molar-refractivity contribution in [1.82, 2.24) is 5.32 Å². The van der Waals surface area contributed by atoms with E-state index in [1.54, 1.807) is 12.1 Å². The summed E-state index contributed by atoms with van der Waals surface area (Å²) in [6.45, 7) is 7.14. The predicted octanol–water partition coefficient (Wildman–Crippen LogP) is 3.01. The first-order chi connectivity index (χ1) is 9.47. The average molecular weight is 277 g/mol. The van der Waals surface area contributed by atoms with Gasteiger partial charge in [0, 0.05) is 6.04 Å². The predicted molar refractivity (Wildman–Crippen MR) is 84.7 cm³/mol. The van der Waals surface area contributed by atoms with E-state index in [0.717, 1.165) is 17.9 Å². The molecule has 1 atom stereocenters. The molecule has 0 aliphatic carbocycles. The standard InChI is InChI=1S/C16H27N3O/c1-12(2)5-4-6-13(3)19-16(17)18-11-14-7-9-15(20)10-8-14/h7-10,12-13,20H,4-6,11H2,1-3H3,(H3,17,18,19). The topological polar surface area (TPSA) is 70.6 Å². The Morgan fingerprint density at radius 2 is 1.85 bits per heavy atom. The van der Waals surface area contributed by atoms with Crippen molar-refractivity contribution in [2.75, 3.05) is 0 Å². The maximum absolute atomic E-state index is 9.20. The number of phenols is 1. The van der Waals surface area contributed by atoms with E-state index in [1.165, 1.54) is 12.8 Å². The van der Waals surface area contributed by atoms with E-state index in [4.69, 9.17) is 5.73 Å². The quantitative estimate of drug-likeness (QED) is 0.530. The monoisotopic (exact) mass is 277 g/mol. The SMILES string of the molecule is CC(C)CCCC(C)NC(N)=NCc1ccc(O)cc1. The Bertz CT molecular complexity index is 412. The van der Waals surface area contributed by atoms with Crippen molar-refractivity contribution < 1.29 is 5.11 Å². The van der Waals surface area contributed by atoms with Crippen LogP contribution in [0.2, 0.25) is 0 Å². The molecule has 1 unspecified atom stereocenters. The molecule has 0 aliphatic rings. The number of benzene rings is 1. The number of aliphatic imine (C=N–C) groups is 1. The Balaban J connectivity index is 2.32. The molecule has 0 radical (unpaired) electrons. The average Bonchev–Trinajstić information content (AvgIpc) is 2.37. The second kappa shape index (κ2) is 8.46. The summed E-state index contributed by atoms with van der Waals surface area (Å²) in [5.41, 5.74) is 6.90. The highest BCUT2D eigenvalue weighted by Gasteiger charge is 2.03. The third kappa shape index (κ3) is 7.02. The summed E-state index contributed by atoms with van der Waals surface area (Å²) in [7, 11) is 0. The number of aromatic hydroxyl groups is 1. The van der Waals surface area contributed by atoms with Crippen molar-refractivity contribution in [3.8, 4) is 5.75 Å². The minimum atomic E-state index is 0.266. The highest BCUT2D eigenvalue weighted by atomic mass is 16.3. The van der Waals surface area contributed by atoms with Gasteiger partial charge >= 0.3 is 0 Å². The lowest BCUT2D eigenvalue weighted by molar-refractivity contribution is 0.475. The van der Waals surface area contributed by atoms with Crippen molar-refractivity contribution in [3.05, 3.63) is 29.8 Å². The first kappa shape index (κ1) is 16.3. The Hall–Kier alpha value is -1.71. The molecule has 4 nitrogen and oxygen atoms in total. The number of nitrogens with two attached hydrogens (primary N) is 1. The third-order valence-corrected chi connectivity index (χ3v) is 3.18. The van der Waals surface area contributed by atoms with Gasteiger partial charge in [0.1, 0.15) is 5.75 Å². The van der Waals surface area contributed by atoms with Gasteiger partial charge in [-0.25, -0.2) is 4.99 Å². The second-order valence-electron chi connectivity index (χ2n) is 5.74. The van der Waals surface area contributed by atoms with E-state index in [1.807, 2.05) is 12.1 Å². The lowest BCUT2D eigenvalue weighted by Gasteiger charge is -2.15. The van der Waals surface area contributed by atoms with Gasteiger partial charge < -0.3 is 16.2 Å². The molecule has 0 amide bonds. The zero-order valence-corrected chi connectivity index (χ0v) is 12.8. The van der Waals surface area contributed by atoms with Gasteiger partial charge in [0.15, 0.2) is 5.96 Å². The molecule has 0 fully saturated rings. The fourth-order valence-corrected chi connectivity index (χ4v) is 1.98. The molecule has 0 spiro atoms. The largest absolute Gasteiger partial charge is 0.508 e. The van der Waals surface area contributed by atoms with Crippen LogP contribution in [0, 0.1) is 5.92 Å². The molecule has 0 saturated carbocycles. The van der Waals surface area contributed by atoms with Crippen LogP contribution in [0.5, 0.6) is 5.75 Å². The molecule has 4 N–H and O–H groups in total. The number of guanidine groups is 1. The first-order valence-corrected chi connectivity index (χ1v) is 7.31. The van der Waals surface area contributed by atoms with Crippen LogP contribution in [0.25, 0.3) is 0 Å². The van der Waals surface area contributed by atoms with E-state index >= 15 is 0 Å². The van der Waals surface area contributed by atoms with Crippen LogP contribution in [0.3, 0.4) is 0 Å². The minimum absolute atomic E-state index is 0.266. The highest BCUT2D eigenvalue weighted by Crippen LogP contribution is 2.10. The van der Waals surface area contributed by atoms with E-state index < -0.39 is 0 Å². The van der Waals surface area contributed by atoms with Crippen LogP contribution < -0.4 is 11.1 Å². The summed E-state index contributed by atoms with van der Waals surface area (Å²) in [6.07, 6.45) is 3.56. The summed E-state index contributed by atoms with van der Waals surface area (Å²) in [5, 5.41) is 12.4. The van der Waals surface area contributed by atoms with E-state index in [2.05, 4.69) is 31.1 Å². The van der Waals surface area contributed by atoms with Crippen LogP contribution >= 0.6 is 0 Å². The lowest BCUT2D eigenvalue weighted by atomic mass is 10.0. The molecule has 4 heteroatoms. The summed E-state index contributed by atoms with van der Waals surface area (Å²) in [5.74, 6) is 1.50. The van der Waals surface area contributed by atoms with Crippen molar-refractivity contribution >= 4 is 5.96 Å². The molecule has 1 aromatic carbocycles. The Morgan fingerprint density at radius 3 is 2.45 bits per heavy atom. The maximum atomic E-state index is 9.20. The number of nitrogens with one attached hydrogen (secondary N) is 1. The summed E-state index contributed by atoms with van der Waals surface area (Å²) < 4.78 is 0. The van der Waals surface area contributed by atoms with Gasteiger partial charge in [0.2, 0.25) is 0 Å². The molecule has 0 bridgehead atoms. The first-order valence-electron chi connectivity index (χ1n) is 7.31. The van der Waals surface area contributed by atoms with Crippen molar-refractivity contribution in [2.24, 2.45) is 16.6 Å². The fraction of sp³-hybridized carbons (Fsp3) is 0.562. The van der Waals surface area contributed by atoms with Gasteiger partial charge in [0.25, 0.3) is 0 Å². The molecule has 0 saturated heterocycles. The Morgan fingerprint density at radius 1 is 1.20 bits per heavy atom. The molecule has 0 aromatic heterocycles. The van der Waals surface area contributed by atoms with Crippen LogP contribution in [0.1, 0.15) is 45.6 Å². The summed E-state index contributed by atoms with van der Waals surface area (Å²) >= 11 is 0. The molecular formula is C16H27N3O. The summed E-state index contributed by atoms with van der Waals surface area (Å²) in [4.78, 5) is 4.31. The van der Waals surface area contributed by atoms with Gasteiger partial charge in [-0.05, 0) is 37.0 Å². The fourth-order valence-electron chi connectivity index (χ4n) is 1.98. The number of hydrogen-bond acceptors (Lipinski definition) is 2. The van der Waals surface area contributed by atoms with Crippen LogP contribution in [0.15, 0.2) is 29.3 Å². The molecule has 1 rings (SSSR count). The molecule has 1 aromatic rings. The lowest BCUT2D eigenvalue weighted by Crippen LogP contribution is -2.38. The molecule has 112 valence electrons. The van der Waals surface area contributed by atoms with Gasteiger partial charge in [-0.1, -0.05) is 38.8 Å². The van der Waals surface area contributed by atoms with Gasteiger partial charge in [0.05, 0.1) is 6.54 Å². The minimum Gasteiger partial charge on any atom is -0.508 e. The van der Waals surface area contributed by atoms with Crippen LogP contribution in [-0.4, -0.2) is 17.1 Å². The summed E-state index contributed by atoms with van der Waals surface area (Å²) in [6, 6.07) is 7.35. The van der Waals surface area contributed by atoms with Crippen molar-refractivity contribution in [2.45, 2.75) is 52.6 Å². The molecule has 0 aliphatic heterocycles. The van der Waals surface area contributed by atoms with Crippen molar-refractivity contribution in [1.29, 1.82) is 0 Å². The number of nitrogens with zero attached hydrogens (tertiary/aromatic N) is 1. The molecular weight excluding hydrogens is 250 g/mol.